The van der Waals surface area contributed by atoms with Crippen molar-refractivity contribution in [2.45, 2.75) is 52.0 Å². The first-order valence-corrected chi connectivity index (χ1v) is 8.25. The van der Waals surface area contributed by atoms with Crippen LogP contribution in [-0.2, 0) is 19.3 Å². The Labute approximate surface area is 127 Å². The molecule has 1 aromatic heterocycles. The van der Waals surface area contributed by atoms with E-state index in [1.54, 1.807) is 0 Å². The Morgan fingerprint density at radius 1 is 1.10 bits per heavy atom. The van der Waals surface area contributed by atoms with Gasteiger partial charge in [0.05, 0.1) is 6.04 Å². The van der Waals surface area contributed by atoms with Gasteiger partial charge in [0.15, 0.2) is 0 Å². The van der Waals surface area contributed by atoms with Crippen LogP contribution in [0.5, 0.6) is 0 Å². The smallest absolute Gasteiger partial charge is 0.125 e. The molecule has 0 bridgehead atoms. The van der Waals surface area contributed by atoms with Crippen molar-refractivity contribution in [1.82, 2.24) is 5.32 Å². The lowest BCUT2D eigenvalue weighted by Gasteiger charge is -2.18. The van der Waals surface area contributed by atoms with E-state index in [4.69, 9.17) is 4.42 Å². The molecule has 0 spiro atoms. The van der Waals surface area contributed by atoms with Gasteiger partial charge >= 0.3 is 0 Å². The van der Waals surface area contributed by atoms with Crippen LogP contribution in [0.15, 0.2) is 34.7 Å². The number of rotatable bonds is 6. The topological polar surface area (TPSA) is 25.2 Å². The molecule has 2 heteroatoms. The number of benzene rings is 1. The van der Waals surface area contributed by atoms with Crippen molar-refractivity contribution in [3.05, 3.63) is 58.5 Å². The molecule has 1 aromatic carbocycles. The lowest BCUT2D eigenvalue weighted by molar-refractivity contribution is 0.422. The molecule has 112 valence electrons. The Balaban J connectivity index is 1.91. The number of furan rings is 1. The lowest BCUT2D eigenvalue weighted by Crippen LogP contribution is -2.23. The van der Waals surface area contributed by atoms with Crippen LogP contribution in [0.25, 0.3) is 0 Å². The zero-order chi connectivity index (χ0) is 14.7. The minimum absolute atomic E-state index is 0.177. The molecule has 0 saturated carbocycles. The second-order valence-corrected chi connectivity index (χ2v) is 5.93. The van der Waals surface area contributed by atoms with Crippen molar-refractivity contribution in [3.63, 3.8) is 0 Å². The molecule has 0 amide bonds. The molecule has 0 aliphatic heterocycles. The maximum absolute atomic E-state index is 6.00. The number of hydrogen-bond donors (Lipinski definition) is 1. The molecule has 2 aromatic rings. The monoisotopic (exact) mass is 283 g/mol. The van der Waals surface area contributed by atoms with Gasteiger partial charge in [0, 0.05) is 6.42 Å². The fraction of sp³-hybridized carbons (Fsp3) is 0.474. The van der Waals surface area contributed by atoms with E-state index >= 15 is 0 Å². The molecule has 2 nitrogen and oxygen atoms in total. The highest BCUT2D eigenvalue weighted by Crippen LogP contribution is 2.29. The minimum atomic E-state index is 0.177. The summed E-state index contributed by atoms with van der Waals surface area (Å²) in [4.78, 5) is 0. The van der Waals surface area contributed by atoms with Crippen LogP contribution < -0.4 is 5.32 Å². The average Bonchev–Trinajstić information content (AvgIpc) is 3.16. The van der Waals surface area contributed by atoms with Crippen molar-refractivity contribution in [1.29, 1.82) is 0 Å². The van der Waals surface area contributed by atoms with Gasteiger partial charge in [0.1, 0.15) is 11.5 Å². The summed E-state index contributed by atoms with van der Waals surface area (Å²) in [5.74, 6) is 2.10. The molecular formula is C19H25NO. The van der Waals surface area contributed by atoms with Crippen molar-refractivity contribution >= 4 is 0 Å². The van der Waals surface area contributed by atoms with Crippen molar-refractivity contribution in [2.24, 2.45) is 0 Å². The molecule has 1 unspecified atom stereocenters. The van der Waals surface area contributed by atoms with Crippen LogP contribution in [0.4, 0.5) is 0 Å². The summed E-state index contributed by atoms with van der Waals surface area (Å²) in [5, 5.41) is 3.64. The first-order valence-electron chi connectivity index (χ1n) is 8.25. The Kier molecular flexibility index (Phi) is 4.45. The predicted molar refractivity (Wildman–Crippen MR) is 86.7 cm³/mol. The number of hydrogen-bond acceptors (Lipinski definition) is 2. The van der Waals surface area contributed by atoms with Gasteiger partial charge in [-0.2, -0.15) is 0 Å². The second kappa shape index (κ2) is 6.48. The van der Waals surface area contributed by atoms with Gasteiger partial charge in [-0.3, -0.25) is 0 Å². The van der Waals surface area contributed by atoms with Gasteiger partial charge < -0.3 is 9.73 Å². The SMILES string of the molecule is CCCNC(c1ccc2c(c1)CCC2)c1ccc(CC)o1. The standard InChI is InChI=1S/C19H25NO/c1-3-12-20-19(18-11-10-17(4-2)21-18)16-9-8-14-6-5-7-15(14)13-16/h8-11,13,19-20H,3-7,12H2,1-2H3. The molecule has 1 aliphatic carbocycles. The van der Waals surface area contributed by atoms with Crippen LogP contribution in [0.2, 0.25) is 0 Å². The quantitative estimate of drug-likeness (QED) is 0.849. The van der Waals surface area contributed by atoms with Crippen LogP contribution in [0.1, 0.15) is 60.9 Å². The summed E-state index contributed by atoms with van der Waals surface area (Å²) in [6.07, 6.45) is 5.84. The summed E-state index contributed by atoms with van der Waals surface area (Å²) in [7, 11) is 0. The van der Waals surface area contributed by atoms with Crippen molar-refractivity contribution in [2.75, 3.05) is 6.54 Å². The number of fused-ring (bicyclic) bond motifs is 1. The average molecular weight is 283 g/mol. The fourth-order valence-corrected chi connectivity index (χ4v) is 3.18. The Morgan fingerprint density at radius 3 is 2.71 bits per heavy atom. The molecule has 3 rings (SSSR count). The highest BCUT2D eigenvalue weighted by atomic mass is 16.3. The van der Waals surface area contributed by atoms with Crippen LogP contribution >= 0.6 is 0 Å². The first kappa shape index (κ1) is 14.4. The third-order valence-corrected chi connectivity index (χ3v) is 4.37. The molecule has 1 atom stereocenters. The molecule has 21 heavy (non-hydrogen) atoms. The number of nitrogens with one attached hydrogen (secondary N) is 1. The molecular weight excluding hydrogens is 258 g/mol. The predicted octanol–water partition coefficient (Wildman–Crippen LogP) is 4.42. The zero-order valence-corrected chi connectivity index (χ0v) is 13.1. The largest absolute Gasteiger partial charge is 0.464 e. The van der Waals surface area contributed by atoms with Crippen LogP contribution in [0, 0.1) is 0 Å². The Morgan fingerprint density at radius 2 is 1.95 bits per heavy atom. The summed E-state index contributed by atoms with van der Waals surface area (Å²) in [5.41, 5.74) is 4.39. The highest BCUT2D eigenvalue weighted by molar-refractivity contribution is 5.38. The van der Waals surface area contributed by atoms with E-state index < -0.39 is 0 Å². The van der Waals surface area contributed by atoms with Gasteiger partial charge in [0.25, 0.3) is 0 Å². The second-order valence-electron chi connectivity index (χ2n) is 5.93. The van der Waals surface area contributed by atoms with Gasteiger partial charge in [0.2, 0.25) is 0 Å². The first-order chi connectivity index (χ1) is 10.3. The maximum atomic E-state index is 6.00. The van der Waals surface area contributed by atoms with E-state index in [0.717, 1.165) is 30.9 Å². The fourth-order valence-electron chi connectivity index (χ4n) is 3.18. The van der Waals surface area contributed by atoms with Gasteiger partial charge in [-0.05, 0) is 61.1 Å². The molecule has 0 radical (unpaired) electrons. The molecule has 1 heterocycles. The van der Waals surface area contributed by atoms with Crippen LogP contribution in [0.3, 0.4) is 0 Å². The van der Waals surface area contributed by atoms with E-state index in [1.165, 1.54) is 36.0 Å². The molecule has 0 saturated heterocycles. The maximum Gasteiger partial charge on any atom is 0.125 e. The van der Waals surface area contributed by atoms with Crippen molar-refractivity contribution in [3.8, 4) is 0 Å². The van der Waals surface area contributed by atoms with E-state index in [2.05, 4.69) is 49.5 Å². The summed E-state index contributed by atoms with van der Waals surface area (Å²) in [6, 6.07) is 11.4. The van der Waals surface area contributed by atoms with E-state index in [0.29, 0.717) is 0 Å². The third kappa shape index (κ3) is 3.06. The summed E-state index contributed by atoms with van der Waals surface area (Å²) >= 11 is 0. The highest BCUT2D eigenvalue weighted by Gasteiger charge is 2.19. The molecule has 0 fully saturated rings. The summed E-state index contributed by atoms with van der Waals surface area (Å²) < 4.78 is 6.00. The Bertz CT molecular complexity index is 599. The lowest BCUT2D eigenvalue weighted by atomic mass is 9.99. The molecule has 1 aliphatic rings. The van der Waals surface area contributed by atoms with Crippen molar-refractivity contribution < 1.29 is 4.42 Å². The zero-order valence-electron chi connectivity index (χ0n) is 13.1. The number of aryl methyl sites for hydroxylation is 3. The van der Waals surface area contributed by atoms with E-state index in [9.17, 15) is 0 Å². The third-order valence-electron chi connectivity index (χ3n) is 4.37. The van der Waals surface area contributed by atoms with Gasteiger partial charge in [-0.1, -0.05) is 32.0 Å². The molecule has 1 N–H and O–H groups in total. The normalized spacial score (nSPS) is 15.1. The van der Waals surface area contributed by atoms with E-state index in [1.807, 2.05) is 0 Å². The Hall–Kier alpha value is -1.54. The minimum Gasteiger partial charge on any atom is -0.464 e. The van der Waals surface area contributed by atoms with Gasteiger partial charge in [-0.25, -0.2) is 0 Å². The van der Waals surface area contributed by atoms with E-state index in [-0.39, 0.29) is 6.04 Å². The summed E-state index contributed by atoms with van der Waals surface area (Å²) in [6.45, 7) is 5.34. The van der Waals surface area contributed by atoms with Crippen LogP contribution in [-0.4, -0.2) is 6.54 Å². The van der Waals surface area contributed by atoms with Gasteiger partial charge in [-0.15, -0.1) is 0 Å².